The van der Waals surface area contributed by atoms with E-state index in [2.05, 4.69) is 0 Å². The van der Waals surface area contributed by atoms with Crippen LogP contribution < -0.4 is 10.5 Å². The molecule has 1 atom stereocenters. The Labute approximate surface area is 127 Å². The van der Waals surface area contributed by atoms with Gasteiger partial charge >= 0.3 is 0 Å². The minimum Gasteiger partial charge on any atom is -0.455 e. The van der Waals surface area contributed by atoms with E-state index in [1.807, 2.05) is 0 Å². The van der Waals surface area contributed by atoms with Crippen LogP contribution in [0.25, 0.3) is 0 Å². The molecule has 0 fully saturated rings. The summed E-state index contributed by atoms with van der Waals surface area (Å²) in [6.45, 7) is 3.43. The Hall–Kier alpha value is -1.29. The monoisotopic (exact) mass is 313 g/mol. The Kier molecular flexibility index (Phi) is 4.53. The molecule has 0 saturated heterocycles. The van der Waals surface area contributed by atoms with E-state index >= 15 is 0 Å². The predicted octanol–water partition coefficient (Wildman–Crippen LogP) is 5.25. The van der Waals surface area contributed by atoms with Crippen LogP contribution >= 0.6 is 23.2 Å². The standard InChI is InChI=1S/C15H14Cl2FNO/c1-8-5-15(11(9(2)19)7-13(8)18)20-14-4-3-10(16)6-12(14)17/h3-7,9H,19H2,1-2H3/t9-/m0/s1. The molecule has 2 rings (SSSR count). The van der Waals surface area contributed by atoms with Gasteiger partial charge in [-0.3, -0.25) is 0 Å². The minimum atomic E-state index is -0.355. The third-order valence-corrected chi connectivity index (χ3v) is 3.43. The zero-order chi connectivity index (χ0) is 14.9. The summed E-state index contributed by atoms with van der Waals surface area (Å²) in [5, 5.41) is 0.903. The topological polar surface area (TPSA) is 35.2 Å². The highest BCUT2D eigenvalue weighted by molar-refractivity contribution is 6.35. The first-order valence-electron chi connectivity index (χ1n) is 6.07. The number of hydrogen-bond donors (Lipinski definition) is 1. The van der Waals surface area contributed by atoms with Gasteiger partial charge in [-0.05, 0) is 49.7 Å². The molecular formula is C15H14Cl2FNO. The molecule has 0 spiro atoms. The van der Waals surface area contributed by atoms with Gasteiger partial charge in [0.1, 0.15) is 17.3 Å². The lowest BCUT2D eigenvalue weighted by atomic mass is 10.1. The summed E-state index contributed by atoms with van der Waals surface area (Å²) >= 11 is 11.9. The fraction of sp³-hybridized carbons (Fsp3) is 0.200. The first kappa shape index (κ1) is 15.1. The van der Waals surface area contributed by atoms with Crippen molar-refractivity contribution in [3.05, 3.63) is 57.3 Å². The molecule has 2 nitrogen and oxygen atoms in total. The van der Waals surface area contributed by atoms with Gasteiger partial charge in [0, 0.05) is 16.6 Å². The number of aryl methyl sites for hydroxylation is 1. The second kappa shape index (κ2) is 6.00. The molecule has 0 bridgehead atoms. The summed E-state index contributed by atoms with van der Waals surface area (Å²) in [7, 11) is 0. The first-order valence-corrected chi connectivity index (χ1v) is 6.82. The zero-order valence-corrected chi connectivity index (χ0v) is 12.6. The van der Waals surface area contributed by atoms with Crippen molar-refractivity contribution in [2.45, 2.75) is 19.9 Å². The average Bonchev–Trinajstić information content (AvgIpc) is 2.36. The van der Waals surface area contributed by atoms with Crippen molar-refractivity contribution in [2.24, 2.45) is 5.73 Å². The van der Waals surface area contributed by atoms with E-state index in [0.29, 0.717) is 32.7 Å². The largest absolute Gasteiger partial charge is 0.455 e. The molecule has 0 radical (unpaired) electrons. The third-order valence-electron chi connectivity index (χ3n) is 2.90. The van der Waals surface area contributed by atoms with Gasteiger partial charge in [-0.1, -0.05) is 23.2 Å². The summed E-state index contributed by atoms with van der Waals surface area (Å²) in [6, 6.07) is 7.56. The molecule has 2 N–H and O–H groups in total. The molecule has 2 aromatic carbocycles. The van der Waals surface area contributed by atoms with Crippen molar-refractivity contribution in [2.75, 3.05) is 0 Å². The number of benzene rings is 2. The molecule has 0 aliphatic heterocycles. The van der Waals surface area contributed by atoms with Gasteiger partial charge in [0.2, 0.25) is 0 Å². The molecule has 0 amide bonds. The van der Waals surface area contributed by atoms with Crippen LogP contribution in [0.2, 0.25) is 10.0 Å². The second-order valence-electron chi connectivity index (χ2n) is 4.60. The van der Waals surface area contributed by atoms with Gasteiger partial charge < -0.3 is 10.5 Å². The fourth-order valence-electron chi connectivity index (χ4n) is 1.79. The highest BCUT2D eigenvalue weighted by Gasteiger charge is 2.14. The van der Waals surface area contributed by atoms with Crippen molar-refractivity contribution in [3.8, 4) is 11.5 Å². The Morgan fingerprint density at radius 1 is 1.15 bits per heavy atom. The van der Waals surface area contributed by atoms with Crippen molar-refractivity contribution in [1.82, 2.24) is 0 Å². The van der Waals surface area contributed by atoms with Crippen LogP contribution in [-0.4, -0.2) is 0 Å². The SMILES string of the molecule is Cc1cc(Oc2ccc(Cl)cc2Cl)c([C@H](C)N)cc1F. The second-order valence-corrected chi connectivity index (χ2v) is 5.45. The third kappa shape index (κ3) is 3.23. The molecule has 0 aliphatic carbocycles. The maximum absolute atomic E-state index is 13.6. The zero-order valence-electron chi connectivity index (χ0n) is 11.1. The lowest BCUT2D eigenvalue weighted by Gasteiger charge is -2.16. The van der Waals surface area contributed by atoms with Crippen molar-refractivity contribution < 1.29 is 9.13 Å². The summed E-state index contributed by atoms with van der Waals surface area (Å²) in [4.78, 5) is 0. The Morgan fingerprint density at radius 2 is 1.85 bits per heavy atom. The van der Waals surface area contributed by atoms with E-state index in [1.54, 1.807) is 38.1 Å². The van der Waals surface area contributed by atoms with Crippen LogP contribution in [0.3, 0.4) is 0 Å². The Morgan fingerprint density at radius 3 is 2.45 bits per heavy atom. The van der Waals surface area contributed by atoms with E-state index in [4.69, 9.17) is 33.7 Å². The Bertz CT molecular complexity index is 644. The van der Waals surface area contributed by atoms with E-state index in [1.165, 1.54) is 6.07 Å². The first-order chi connectivity index (χ1) is 9.38. The fourth-order valence-corrected chi connectivity index (χ4v) is 2.24. The number of hydrogen-bond acceptors (Lipinski definition) is 2. The van der Waals surface area contributed by atoms with Gasteiger partial charge in [-0.25, -0.2) is 4.39 Å². The molecule has 20 heavy (non-hydrogen) atoms. The van der Waals surface area contributed by atoms with Crippen LogP contribution in [0, 0.1) is 12.7 Å². The average molecular weight is 314 g/mol. The number of ether oxygens (including phenoxy) is 1. The molecular weight excluding hydrogens is 300 g/mol. The van der Waals surface area contributed by atoms with Crippen molar-refractivity contribution >= 4 is 23.2 Å². The van der Waals surface area contributed by atoms with Gasteiger partial charge in [0.05, 0.1) is 5.02 Å². The highest BCUT2D eigenvalue weighted by Crippen LogP contribution is 2.35. The lowest BCUT2D eigenvalue weighted by molar-refractivity contribution is 0.468. The van der Waals surface area contributed by atoms with Gasteiger partial charge in [-0.15, -0.1) is 0 Å². The molecule has 0 aromatic heterocycles. The molecule has 5 heteroatoms. The summed E-state index contributed by atoms with van der Waals surface area (Å²) in [6.07, 6.45) is 0. The normalized spacial score (nSPS) is 12.3. The van der Waals surface area contributed by atoms with Crippen LogP contribution in [0.4, 0.5) is 4.39 Å². The van der Waals surface area contributed by atoms with Gasteiger partial charge in [0.25, 0.3) is 0 Å². The van der Waals surface area contributed by atoms with Crippen LogP contribution in [-0.2, 0) is 0 Å². The van der Waals surface area contributed by atoms with Crippen LogP contribution in [0.15, 0.2) is 30.3 Å². The van der Waals surface area contributed by atoms with E-state index < -0.39 is 0 Å². The quantitative estimate of drug-likeness (QED) is 0.839. The number of halogens is 3. The van der Waals surface area contributed by atoms with E-state index in [9.17, 15) is 4.39 Å². The van der Waals surface area contributed by atoms with Gasteiger partial charge in [-0.2, -0.15) is 0 Å². The maximum Gasteiger partial charge on any atom is 0.146 e. The van der Waals surface area contributed by atoms with Crippen LogP contribution in [0.5, 0.6) is 11.5 Å². The summed E-state index contributed by atoms with van der Waals surface area (Å²) in [5.41, 5.74) is 6.91. The molecule has 0 unspecified atom stereocenters. The summed E-state index contributed by atoms with van der Waals surface area (Å²) < 4.78 is 19.4. The maximum atomic E-state index is 13.6. The molecule has 106 valence electrons. The lowest BCUT2D eigenvalue weighted by Crippen LogP contribution is -2.08. The predicted molar refractivity (Wildman–Crippen MR) is 80.3 cm³/mol. The smallest absolute Gasteiger partial charge is 0.146 e. The summed E-state index contributed by atoms with van der Waals surface area (Å²) in [5.74, 6) is 0.624. The van der Waals surface area contributed by atoms with Crippen molar-refractivity contribution in [1.29, 1.82) is 0 Å². The Balaban J connectivity index is 2.44. The van der Waals surface area contributed by atoms with E-state index in [-0.39, 0.29) is 11.9 Å². The number of rotatable bonds is 3. The van der Waals surface area contributed by atoms with Gasteiger partial charge in [0.15, 0.2) is 0 Å². The highest BCUT2D eigenvalue weighted by atomic mass is 35.5. The molecule has 0 aliphatic rings. The molecule has 2 aromatic rings. The molecule has 0 saturated carbocycles. The van der Waals surface area contributed by atoms with Crippen molar-refractivity contribution in [3.63, 3.8) is 0 Å². The minimum absolute atomic E-state index is 0.313. The molecule has 0 heterocycles. The van der Waals surface area contributed by atoms with Crippen LogP contribution in [0.1, 0.15) is 24.1 Å². The van der Waals surface area contributed by atoms with E-state index in [0.717, 1.165) is 0 Å². The number of nitrogens with two attached hydrogens (primary N) is 1.